The molecule has 0 saturated carbocycles. The molecule has 2 atom stereocenters. The normalized spacial score (nSPS) is 35.2. The summed E-state index contributed by atoms with van der Waals surface area (Å²) in [5, 5.41) is 0. The monoisotopic (exact) mass is 161 g/mol. The van der Waals surface area contributed by atoms with Crippen LogP contribution in [0.2, 0.25) is 0 Å². The molecular weight excluding hydrogens is 144 g/mol. The highest BCUT2D eigenvalue weighted by Gasteiger charge is 2.23. The minimum absolute atomic E-state index is 0.699. The second-order valence-corrected chi connectivity index (χ2v) is 4.11. The molecule has 0 heteroatoms. The third kappa shape index (κ3) is 1.35. The SMILES string of the molecule is CC1=CC2=CCCC[C@H]2[CH]C1C. The molecule has 0 fully saturated rings. The van der Waals surface area contributed by atoms with Gasteiger partial charge in [-0.05, 0) is 50.0 Å². The third-order valence-corrected chi connectivity index (χ3v) is 3.16. The topological polar surface area (TPSA) is 0 Å². The molecule has 0 aromatic carbocycles. The van der Waals surface area contributed by atoms with E-state index >= 15 is 0 Å². The van der Waals surface area contributed by atoms with Crippen LogP contribution in [0.4, 0.5) is 0 Å². The van der Waals surface area contributed by atoms with Gasteiger partial charge in [0.25, 0.3) is 0 Å². The maximum atomic E-state index is 2.51. The van der Waals surface area contributed by atoms with E-state index in [1.54, 1.807) is 5.57 Å². The number of rotatable bonds is 0. The second kappa shape index (κ2) is 3.08. The number of hydrogen-bond donors (Lipinski definition) is 0. The van der Waals surface area contributed by atoms with Crippen molar-refractivity contribution < 1.29 is 0 Å². The highest BCUT2D eigenvalue weighted by Crippen LogP contribution is 2.37. The Labute approximate surface area is 75.4 Å². The van der Waals surface area contributed by atoms with E-state index in [4.69, 9.17) is 0 Å². The first kappa shape index (κ1) is 8.10. The Bertz CT molecular complexity index is 232. The van der Waals surface area contributed by atoms with E-state index in [0.29, 0.717) is 5.92 Å². The molecule has 2 rings (SSSR count). The average molecular weight is 161 g/mol. The van der Waals surface area contributed by atoms with Crippen LogP contribution >= 0.6 is 0 Å². The quantitative estimate of drug-likeness (QED) is 0.510. The lowest BCUT2D eigenvalue weighted by atomic mass is 9.75. The molecule has 0 aromatic rings. The summed E-state index contributed by atoms with van der Waals surface area (Å²) < 4.78 is 0. The van der Waals surface area contributed by atoms with Crippen molar-refractivity contribution in [1.82, 2.24) is 0 Å². The Hall–Kier alpha value is -0.520. The first-order chi connectivity index (χ1) is 5.77. The Morgan fingerprint density at radius 2 is 2.25 bits per heavy atom. The Balaban J connectivity index is 2.26. The van der Waals surface area contributed by atoms with Crippen LogP contribution < -0.4 is 0 Å². The van der Waals surface area contributed by atoms with Crippen LogP contribution in [0.25, 0.3) is 0 Å². The fraction of sp³-hybridized carbons (Fsp3) is 0.583. The molecule has 0 saturated heterocycles. The van der Waals surface area contributed by atoms with Crippen molar-refractivity contribution in [2.24, 2.45) is 11.8 Å². The smallest absolute Gasteiger partial charge is 0.0128 e. The van der Waals surface area contributed by atoms with E-state index in [0.717, 1.165) is 5.92 Å². The first-order valence-electron chi connectivity index (χ1n) is 5.00. The molecule has 0 bridgehead atoms. The van der Waals surface area contributed by atoms with Crippen molar-refractivity contribution in [2.75, 3.05) is 0 Å². The average Bonchev–Trinajstić information content (AvgIpc) is 2.07. The summed E-state index contributed by atoms with van der Waals surface area (Å²) in [6.07, 6.45) is 11.4. The van der Waals surface area contributed by atoms with Crippen molar-refractivity contribution in [2.45, 2.75) is 33.1 Å². The van der Waals surface area contributed by atoms with Gasteiger partial charge < -0.3 is 0 Å². The van der Waals surface area contributed by atoms with Crippen molar-refractivity contribution >= 4 is 0 Å². The van der Waals surface area contributed by atoms with Gasteiger partial charge in [0.2, 0.25) is 0 Å². The molecule has 1 unspecified atom stereocenters. The molecule has 0 heterocycles. The predicted octanol–water partition coefficient (Wildman–Crippen LogP) is 3.51. The van der Waals surface area contributed by atoms with Crippen LogP contribution in [0.3, 0.4) is 0 Å². The largest absolute Gasteiger partial charge is 0.0810 e. The maximum Gasteiger partial charge on any atom is -0.0128 e. The molecule has 0 nitrogen and oxygen atoms in total. The third-order valence-electron chi connectivity index (χ3n) is 3.16. The maximum absolute atomic E-state index is 2.51. The molecule has 0 aromatic heterocycles. The lowest BCUT2D eigenvalue weighted by molar-refractivity contribution is 0.517. The van der Waals surface area contributed by atoms with Gasteiger partial charge in [-0.25, -0.2) is 0 Å². The van der Waals surface area contributed by atoms with Gasteiger partial charge in [0, 0.05) is 0 Å². The van der Waals surface area contributed by atoms with Crippen LogP contribution in [0.15, 0.2) is 23.3 Å². The van der Waals surface area contributed by atoms with Gasteiger partial charge in [-0.15, -0.1) is 0 Å². The van der Waals surface area contributed by atoms with E-state index < -0.39 is 0 Å². The van der Waals surface area contributed by atoms with E-state index in [9.17, 15) is 0 Å². The number of hydrogen-bond acceptors (Lipinski definition) is 0. The zero-order chi connectivity index (χ0) is 8.55. The highest BCUT2D eigenvalue weighted by molar-refractivity contribution is 5.35. The van der Waals surface area contributed by atoms with Gasteiger partial charge in [-0.1, -0.05) is 24.6 Å². The zero-order valence-corrected chi connectivity index (χ0v) is 8.01. The zero-order valence-electron chi connectivity index (χ0n) is 8.01. The van der Waals surface area contributed by atoms with E-state index in [-0.39, 0.29) is 0 Å². The summed E-state index contributed by atoms with van der Waals surface area (Å²) in [4.78, 5) is 0. The van der Waals surface area contributed by atoms with Crippen molar-refractivity contribution in [3.05, 3.63) is 29.7 Å². The molecule has 2 aliphatic carbocycles. The van der Waals surface area contributed by atoms with E-state index in [2.05, 4.69) is 32.4 Å². The molecule has 0 N–H and O–H groups in total. The lowest BCUT2D eigenvalue weighted by Crippen LogP contribution is -2.18. The highest BCUT2D eigenvalue weighted by atomic mass is 14.3. The fourth-order valence-electron chi connectivity index (χ4n) is 2.19. The molecule has 0 amide bonds. The van der Waals surface area contributed by atoms with Gasteiger partial charge in [-0.3, -0.25) is 0 Å². The number of fused-ring (bicyclic) bond motifs is 1. The molecular formula is C12H17. The predicted molar refractivity (Wildman–Crippen MR) is 52.6 cm³/mol. The summed E-state index contributed by atoms with van der Waals surface area (Å²) in [6.45, 7) is 4.55. The van der Waals surface area contributed by atoms with Crippen LogP contribution in [-0.4, -0.2) is 0 Å². The van der Waals surface area contributed by atoms with E-state index in [1.807, 2.05) is 0 Å². The van der Waals surface area contributed by atoms with Crippen molar-refractivity contribution in [1.29, 1.82) is 0 Å². The first-order valence-corrected chi connectivity index (χ1v) is 5.00. The minimum atomic E-state index is 0.699. The Morgan fingerprint density at radius 1 is 1.42 bits per heavy atom. The lowest BCUT2D eigenvalue weighted by Gasteiger charge is -2.30. The fourth-order valence-corrected chi connectivity index (χ4v) is 2.19. The summed E-state index contributed by atoms with van der Waals surface area (Å²) >= 11 is 0. The molecule has 1 radical (unpaired) electrons. The van der Waals surface area contributed by atoms with E-state index in [1.165, 1.54) is 24.8 Å². The Morgan fingerprint density at radius 3 is 3.08 bits per heavy atom. The molecule has 2 aliphatic rings. The van der Waals surface area contributed by atoms with Gasteiger partial charge >= 0.3 is 0 Å². The molecule has 12 heavy (non-hydrogen) atoms. The van der Waals surface area contributed by atoms with Gasteiger partial charge in [0.15, 0.2) is 0 Å². The van der Waals surface area contributed by atoms with Crippen LogP contribution in [0.5, 0.6) is 0 Å². The van der Waals surface area contributed by atoms with Gasteiger partial charge in [-0.2, -0.15) is 0 Å². The van der Waals surface area contributed by atoms with Crippen LogP contribution in [0, 0.1) is 18.3 Å². The number of allylic oxidation sites excluding steroid dienone is 4. The summed E-state index contributed by atoms with van der Waals surface area (Å²) in [5.74, 6) is 1.47. The summed E-state index contributed by atoms with van der Waals surface area (Å²) in [5.41, 5.74) is 3.11. The minimum Gasteiger partial charge on any atom is -0.0810 e. The molecule has 0 aliphatic heterocycles. The van der Waals surface area contributed by atoms with Crippen molar-refractivity contribution in [3.63, 3.8) is 0 Å². The standard InChI is InChI=1S/C12H17/c1-9-7-11-5-3-4-6-12(11)8-10(9)2/h5,7-8,10,12H,3-4,6H2,1-2H3/t10?,12-/m0/s1. The summed E-state index contributed by atoms with van der Waals surface area (Å²) in [6, 6.07) is 0. The van der Waals surface area contributed by atoms with Gasteiger partial charge in [0.05, 0.1) is 0 Å². The van der Waals surface area contributed by atoms with Crippen molar-refractivity contribution in [3.8, 4) is 0 Å². The summed E-state index contributed by atoms with van der Waals surface area (Å²) in [7, 11) is 0. The van der Waals surface area contributed by atoms with Crippen LogP contribution in [-0.2, 0) is 0 Å². The van der Waals surface area contributed by atoms with Crippen LogP contribution in [0.1, 0.15) is 33.1 Å². The molecule has 0 spiro atoms. The second-order valence-electron chi connectivity index (χ2n) is 4.11. The molecule has 65 valence electrons. The Kier molecular flexibility index (Phi) is 2.08. The van der Waals surface area contributed by atoms with Gasteiger partial charge in [0.1, 0.15) is 0 Å².